The zero-order valence-corrected chi connectivity index (χ0v) is 13.6. The molecular weight excluding hydrogens is 319 g/mol. The summed E-state index contributed by atoms with van der Waals surface area (Å²) in [5.41, 5.74) is 0.963. The molecule has 20 heavy (non-hydrogen) atoms. The van der Waals surface area contributed by atoms with E-state index in [9.17, 15) is 8.42 Å². The maximum Gasteiger partial charge on any atom is 0.211 e. The van der Waals surface area contributed by atoms with Crippen LogP contribution in [0.4, 0.5) is 0 Å². The van der Waals surface area contributed by atoms with E-state index in [1.54, 1.807) is 12.1 Å². The number of sulfonamides is 1. The molecule has 0 radical (unpaired) electrons. The van der Waals surface area contributed by atoms with Crippen LogP contribution in [0.3, 0.4) is 0 Å². The van der Waals surface area contributed by atoms with E-state index in [0.717, 1.165) is 18.4 Å². The summed E-state index contributed by atoms with van der Waals surface area (Å²) in [4.78, 5) is 0. The number of hydrogen-bond acceptors (Lipinski definition) is 3. The Balaban J connectivity index is 1.86. The van der Waals surface area contributed by atoms with Gasteiger partial charge in [-0.25, -0.2) is 12.7 Å². The van der Waals surface area contributed by atoms with Crippen molar-refractivity contribution < 1.29 is 8.42 Å². The van der Waals surface area contributed by atoms with Crippen LogP contribution in [0, 0.1) is 0 Å². The molecule has 1 saturated heterocycles. The van der Waals surface area contributed by atoms with Crippen LogP contribution in [0.2, 0.25) is 10.0 Å². The van der Waals surface area contributed by atoms with E-state index in [1.807, 2.05) is 6.07 Å². The first-order valence-corrected chi connectivity index (χ1v) is 9.09. The van der Waals surface area contributed by atoms with Crippen molar-refractivity contribution in [2.45, 2.75) is 25.4 Å². The maximum atomic E-state index is 11.4. The van der Waals surface area contributed by atoms with Crippen LogP contribution < -0.4 is 5.32 Å². The second-order valence-electron chi connectivity index (χ2n) is 5.05. The van der Waals surface area contributed by atoms with E-state index in [2.05, 4.69) is 5.32 Å². The quantitative estimate of drug-likeness (QED) is 0.918. The Kier molecular flexibility index (Phi) is 5.31. The first kappa shape index (κ1) is 16.0. The molecule has 0 aliphatic carbocycles. The third-order valence-electron chi connectivity index (χ3n) is 3.51. The van der Waals surface area contributed by atoms with E-state index in [4.69, 9.17) is 23.2 Å². The van der Waals surface area contributed by atoms with Crippen LogP contribution in [0.25, 0.3) is 0 Å². The zero-order chi connectivity index (χ0) is 14.8. The molecule has 0 amide bonds. The predicted octanol–water partition coefficient (Wildman–Crippen LogP) is 2.51. The van der Waals surface area contributed by atoms with Crippen molar-refractivity contribution in [3.05, 3.63) is 33.8 Å². The molecule has 0 aromatic heterocycles. The Morgan fingerprint density at radius 2 is 1.95 bits per heavy atom. The minimum atomic E-state index is -3.06. The van der Waals surface area contributed by atoms with Crippen molar-refractivity contribution >= 4 is 33.2 Å². The molecule has 1 aliphatic rings. The Bertz CT molecular complexity index is 570. The largest absolute Gasteiger partial charge is 0.310 e. The van der Waals surface area contributed by atoms with Crippen molar-refractivity contribution in [1.82, 2.24) is 9.62 Å². The third-order valence-corrected chi connectivity index (χ3v) is 5.42. The zero-order valence-electron chi connectivity index (χ0n) is 11.3. The number of nitrogens with one attached hydrogen (secondary N) is 1. The molecule has 112 valence electrons. The number of hydrogen-bond donors (Lipinski definition) is 1. The van der Waals surface area contributed by atoms with Gasteiger partial charge in [0.1, 0.15) is 0 Å². The summed E-state index contributed by atoms with van der Waals surface area (Å²) in [6, 6.07) is 5.70. The Morgan fingerprint density at radius 1 is 1.30 bits per heavy atom. The minimum Gasteiger partial charge on any atom is -0.310 e. The number of rotatable bonds is 4. The molecule has 7 heteroatoms. The van der Waals surface area contributed by atoms with E-state index in [-0.39, 0.29) is 0 Å². The number of benzene rings is 1. The van der Waals surface area contributed by atoms with Gasteiger partial charge in [0.2, 0.25) is 10.0 Å². The Hall–Kier alpha value is -0.330. The highest BCUT2D eigenvalue weighted by molar-refractivity contribution is 7.88. The molecule has 1 heterocycles. The molecule has 0 unspecified atom stereocenters. The second kappa shape index (κ2) is 6.62. The normalized spacial score (nSPS) is 18.4. The van der Waals surface area contributed by atoms with Crippen molar-refractivity contribution in [2.75, 3.05) is 19.3 Å². The summed E-state index contributed by atoms with van der Waals surface area (Å²) in [5, 5.41) is 4.77. The average Bonchev–Trinajstić information content (AvgIpc) is 2.39. The van der Waals surface area contributed by atoms with Gasteiger partial charge in [0.05, 0.1) is 6.26 Å². The van der Waals surface area contributed by atoms with Gasteiger partial charge in [0.25, 0.3) is 0 Å². The summed E-state index contributed by atoms with van der Waals surface area (Å²) < 4.78 is 24.4. The van der Waals surface area contributed by atoms with Gasteiger partial charge < -0.3 is 5.32 Å². The smallest absolute Gasteiger partial charge is 0.211 e. The first-order chi connectivity index (χ1) is 9.36. The molecule has 1 aromatic carbocycles. The summed E-state index contributed by atoms with van der Waals surface area (Å²) in [6.07, 6.45) is 2.88. The summed E-state index contributed by atoms with van der Waals surface area (Å²) in [5.74, 6) is 0. The minimum absolute atomic E-state index is 0.308. The highest BCUT2D eigenvalue weighted by atomic mass is 35.5. The molecule has 1 N–H and O–H groups in total. The van der Waals surface area contributed by atoms with Crippen LogP contribution in [-0.4, -0.2) is 38.1 Å². The van der Waals surface area contributed by atoms with Gasteiger partial charge in [0, 0.05) is 35.7 Å². The summed E-state index contributed by atoms with van der Waals surface area (Å²) >= 11 is 12.1. The molecule has 1 aliphatic heterocycles. The summed E-state index contributed by atoms with van der Waals surface area (Å²) in [6.45, 7) is 1.78. The van der Waals surface area contributed by atoms with Gasteiger partial charge >= 0.3 is 0 Å². The van der Waals surface area contributed by atoms with E-state index >= 15 is 0 Å². The molecule has 4 nitrogen and oxygen atoms in total. The monoisotopic (exact) mass is 336 g/mol. The highest BCUT2D eigenvalue weighted by Gasteiger charge is 2.24. The second-order valence-corrected chi connectivity index (χ2v) is 7.88. The van der Waals surface area contributed by atoms with Crippen molar-refractivity contribution in [3.63, 3.8) is 0 Å². The van der Waals surface area contributed by atoms with Gasteiger partial charge in [-0.05, 0) is 36.6 Å². The highest BCUT2D eigenvalue weighted by Crippen LogP contribution is 2.21. The lowest BCUT2D eigenvalue weighted by Crippen LogP contribution is -2.44. The molecule has 0 bridgehead atoms. The van der Waals surface area contributed by atoms with Gasteiger partial charge in [-0.1, -0.05) is 23.2 Å². The molecule has 1 fully saturated rings. The predicted molar refractivity (Wildman–Crippen MR) is 82.7 cm³/mol. The van der Waals surface area contributed by atoms with E-state index in [0.29, 0.717) is 35.7 Å². The van der Waals surface area contributed by atoms with Gasteiger partial charge in [-0.3, -0.25) is 0 Å². The first-order valence-electron chi connectivity index (χ1n) is 6.48. The average molecular weight is 337 g/mol. The van der Waals surface area contributed by atoms with Crippen molar-refractivity contribution in [1.29, 1.82) is 0 Å². The molecule has 1 aromatic rings. The lowest BCUT2D eigenvalue weighted by atomic mass is 10.1. The van der Waals surface area contributed by atoms with Crippen LogP contribution in [0.5, 0.6) is 0 Å². The number of piperidine rings is 1. The van der Waals surface area contributed by atoms with Crippen molar-refractivity contribution in [3.8, 4) is 0 Å². The van der Waals surface area contributed by atoms with E-state index in [1.165, 1.54) is 10.6 Å². The maximum absolute atomic E-state index is 11.4. The van der Waals surface area contributed by atoms with Gasteiger partial charge in [-0.15, -0.1) is 0 Å². The summed E-state index contributed by atoms with van der Waals surface area (Å²) in [7, 11) is -3.06. The van der Waals surface area contributed by atoms with Crippen molar-refractivity contribution in [2.24, 2.45) is 0 Å². The van der Waals surface area contributed by atoms with Crippen LogP contribution >= 0.6 is 23.2 Å². The number of nitrogens with zero attached hydrogens (tertiary/aromatic N) is 1. The SMILES string of the molecule is CS(=O)(=O)N1CCC(NCc2cc(Cl)ccc2Cl)CC1. The lowest BCUT2D eigenvalue weighted by Gasteiger charge is -2.30. The van der Waals surface area contributed by atoms with Gasteiger partial charge in [-0.2, -0.15) is 0 Å². The topological polar surface area (TPSA) is 49.4 Å². The third kappa shape index (κ3) is 4.33. The Labute approximate surface area is 130 Å². The molecule has 0 atom stereocenters. The standard InChI is InChI=1S/C13H18Cl2N2O2S/c1-20(18,19)17-6-4-12(5-7-17)16-9-10-8-11(14)2-3-13(10)15/h2-3,8,12,16H,4-7,9H2,1H3. The molecule has 0 spiro atoms. The number of halogens is 2. The van der Waals surface area contributed by atoms with Crippen LogP contribution in [-0.2, 0) is 16.6 Å². The fraction of sp³-hybridized carbons (Fsp3) is 0.538. The lowest BCUT2D eigenvalue weighted by molar-refractivity contribution is 0.290. The van der Waals surface area contributed by atoms with E-state index < -0.39 is 10.0 Å². The van der Waals surface area contributed by atoms with Gasteiger partial charge in [0.15, 0.2) is 0 Å². The Morgan fingerprint density at radius 3 is 2.55 bits per heavy atom. The fourth-order valence-corrected chi connectivity index (χ4v) is 3.58. The molecule has 0 saturated carbocycles. The van der Waals surface area contributed by atoms with Crippen LogP contribution in [0.1, 0.15) is 18.4 Å². The molecule has 2 rings (SSSR count). The van der Waals surface area contributed by atoms with Crippen LogP contribution in [0.15, 0.2) is 18.2 Å². The fourth-order valence-electron chi connectivity index (χ4n) is 2.32. The molecular formula is C13H18Cl2N2O2S.